The Hall–Kier alpha value is -2.34. The van der Waals surface area contributed by atoms with E-state index in [0.29, 0.717) is 11.8 Å². The van der Waals surface area contributed by atoms with Crippen LogP contribution in [0, 0.1) is 11.6 Å². The molecule has 2 aromatic carbocycles. The van der Waals surface area contributed by atoms with Crippen molar-refractivity contribution in [3.63, 3.8) is 0 Å². The van der Waals surface area contributed by atoms with Crippen LogP contribution in [0.15, 0.2) is 30.3 Å². The zero-order chi connectivity index (χ0) is 16.3. The van der Waals surface area contributed by atoms with Crippen LogP contribution >= 0.6 is 11.6 Å². The van der Waals surface area contributed by atoms with Gasteiger partial charge in [-0.3, -0.25) is 4.79 Å². The fourth-order valence-electron chi connectivity index (χ4n) is 1.82. The first-order valence-corrected chi connectivity index (χ1v) is 6.52. The molecule has 0 radical (unpaired) electrons. The zero-order valence-electron chi connectivity index (χ0n) is 11.7. The number of carbonyl (C=O) groups excluding carboxylic acids is 1. The van der Waals surface area contributed by atoms with Gasteiger partial charge in [0.15, 0.2) is 0 Å². The lowest BCUT2D eigenvalue weighted by atomic mass is 10.2. The number of rotatable bonds is 4. The normalized spacial score (nSPS) is 10.2. The van der Waals surface area contributed by atoms with Crippen LogP contribution in [0.25, 0.3) is 0 Å². The Labute approximate surface area is 130 Å². The lowest BCUT2D eigenvalue weighted by Crippen LogP contribution is -2.14. The number of hydrogen-bond donors (Lipinski definition) is 1. The van der Waals surface area contributed by atoms with Gasteiger partial charge in [0.1, 0.15) is 23.1 Å². The highest BCUT2D eigenvalue weighted by Gasteiger charge is 2.16. The third kappa shape index (κ3) is 3.28. The molecule has 22 heavy (non-hydrogen) atoms. The Balaban J connectivity index is 2.33. The van der Waals surface area contributed by atoms with Crippen molar-refractivity contribution in [1.29, 1.82) is 0 Å². The topological polar surface area (TPSA) is 47.6 Å². The van der Waals surface area contributed by atoms with Crippen LogP contribution in [0.4, 0.5) is 14.5 Å². The maximum absolute atomic E-state index is 13.6. The molecule has 4 nitrogen and oxygen atoms in total. The third-order valence-corrected chi connectivity index (χ3v) is 3.19. The molecule has 0 saturated carbocycles. The molecule has 1 amide bonds. The molecule has 1 N–H and O–H groups in total. The van der Waals surface area contributed by atoms with E-state index in [1.165, 1.54) is 26.4 Å². The average molecular weight is 328 g/mol. The molecular weight excluding hydrogens is 316 g/mol. The number of amides is 1. The van der Waals surface area contributed by atoms with Gasteiger partial charge in [-0.15, -0.1) is 0 Å². The smallest absolute Gasteiger partial charge is 0.258 e. The number of ether oxygens (including phenoxy) is 2. The van der Waals surface area contributed by atoms with Gasteiger partial charge in [0.2, 0.25) is 0 Å². The molecule has 0 aromatic heterocycles. The van der Waals surface area contributed by atoms with Crippen molar-refractivity contribution >= 4 is 23.2 Å². The minimum absolute atomic E-state index is 0.238. The van der Waals surface area contributed by atoms with Gasteiger partial charge in [-0.2, -0.15) is 0 Å². The fourth-order valence-corrected chi connectivity index (χ4v) is 2.06. The number of halogens is 3. The van der Waals surface area contributed by atoms with Crippen LogP contribution in [0.2, 0.25) is 5.02 Å². The molecule has 0 aliphatic rings. The second kappa shape index (κ2) is 6.62. The molecule has 0 aliphatic carbocycles. The highest BCUT2D eigenvalue weighted by molar-refractivity contribution is 6.32. The van der Waals surface area contributed by atoms with Gasteiger partial charge >= 0.3 is 0 Å². The monoisotopic (exact) mass is 327 g/mol. The van der Waals surface area contributed by atoms with Crippen molar-refractivity contribution in [2.75, 3.05) is 19.5 Å². The Kier molecular flexibility index (Phi) is 4.82. The standard InChI is InChI=1S/C15H12ClF2NO3/c1-21-13-7-14(22-2)12(6-10(13)16)19-15(20)9-4-3-8(17)5-11(9)18/h3-7H,1-2H3,(H,19,20). The quantitative estimate of drug-likeness (QED) is 0.926. The van der Waals surface area contributed by atoms with E-state index in [0.717, 1.165) is 12.1 Å². The summed E-state index contributed by atoms with van der Waals surface area (Å²) in [5, 5.41) is 2.71. The molecule has 0 saturated heterocycles. The number of benzene rings is 2. The Morgan fingerprint density at radius 3 is 2.36 bits per heavy atom. The lowest BCUT2D eigenvalue weighted by Gasteiger charge is -2.13. The summed E-state index contributed by atoms with van der Waals surface area (Å²) < 4.78 is 36.6. The van der Waals surface area contributed by atoms with E-state index in [9.17, 15) is 13.6 Å². The van der Waals surface area contributed by atoms with Crippen LogP contribution in [-0.2, 0) is 0 Å². The van der Waals surface area contributed by atoms with E-state index < -0.39 is 17.5 Å². The second-order valence-corrected chi connectivity index (χ2v) is 4.67. The minimum Gasteiger partial charge on any atom is -0.495 e. The van der Waals surface area contributed by atoms with Crippen LogP contribution in [0.5, 0.6) is 11.5 Å². The molecule has 0 bridgehead atoms. The largest absolute Gasteiger partial charge is 0.495 e. The van der Waals surface area contributed by atoms with Gasteiger partial charge in [-0.1, -0.05) is 11.6 Å². The Bertz CT molecular complexity index is 722. The fraction of sp³-hybridized carbons (Fsp3) is 0.133. The first-order valence-electron chi connectivity index (χ1n) is 6.14. The van der Waals surface area contributed by atoms with Gasteiger partial charge in [0, 0.05) is 12.1 Å². The molecule has 0 atom stereocenters. The molecule has 2 aromatic rings. The number of nitrogens with one attached hydrogen (secondary N) is 1. The SMILES string of the molecule is COc1cc(OC)c(NC(=O)c2ccc(F)cc2F)cc1Cl. The first kappa shape index (κ1) is 16.0. The molecule has 0 unspecified atom stereocenters. The van der Waals surface area contributed by atoms with Gasteiger partial charge < -0.3 is 14.8 Å². The summed E-state index contributed by atoms with van der Waals surface area (Å²) in [6.07, 6.45) is 0. The Morgan fingerprint density at radius 2 is 1.77 bits per heavy atom. The maximum Gasteiger partial charge on any atom is 0.258 e. The summed E-state index contributed by atoms with van der Waals surface area (Å²) in [5.74, 6) is -1.83. The number of anilines is 1. The van der Waals surface area contributed by atoms with E-state index in [1.54, 1.807) is 0 Å². The van der Waals surface area contributed by atoms with Crippen molar-refractivity contribution < 1.29 is 23.0 Å². The van der Waals surface area contributed by atoms with Crippen molar-refractivity contribution in [1.82, 2.24) is 0 Å². The van der Waals surface area contributed by atoms with E-state index >= 15 is 0 Å². The molecule has 2 rings (SSSR count). The summed E-state index contributed by atoms with van der Waals surface area (Å²) in [6.45, 7) is 0. The summed E-state index contributed by atoms with van der Waals surface area (Å²) in [7, 11) is 2.84. The van der Waals surface area contributed by atoms with Crippen molar-refractivity contribution in [2.45, 2.75) is 0 Å². The molecule has 0 heterocycles. The maximum atomic E-state index is 13.6. The van der Waals surface area contributed by atoms with E-state index in [4.69, 9.17) is 21.1 Å². The lowest BCUT2D eigenvalue weighted by molar-refractivity contribution is 0.102. The van der Waals surface area contributed by atoms with Crippen molar-refractivity contribution in [3.8, 4) is 11.5 Å². The van der Waals surface area contributed by atoms with E-state index in [2.05, 4.69) is 5.32 Å². The second-order valence-electron chi connectivity index (χ2n) is 4.27. The molecular formula is C15H12ClF2NO3. The molecule has 7 heteroatoms. The summed E-state index contributed by atoms with van der Waals surface area (Å²) in [5.41, 5.74) is -0.0579. The van der Waals surface area contributed by atoms with Crippen LogP contribution in [0.3, 0.4) is 0 Å². The number of methoxy groups -OCH3 is 2. The first-order chi connectivity index (χ1) is 10.5. The highest BCUT2D eigenvalue weighted by Crippen LogP contribution is 2.36. The highest BCUT2D eigenvalue weighted by atomic mass is 35.5. The molecule has 0 fully saturated rings. The van der Waals surface area contributed by atoms with E-state index in [-0.39, 0.29) is 22.0 Å². The Morgan fingerprint density at radius 1 is 1.09 bits per heavy atom. The van der Waals surface area contributed by atoms with Gasteiger partial charge in [-0.25, -0.2) is 8.78 Å². The van der Waals surface area contributed by atoms with Gasteiger partial charge in [0.05, 0.1) is 30.5 Å². The predicted molar refractivity (Wildman–Crippen MR) is 78.9 cm³/mol. The number of hydrogen-bond acceptors (Lipinski definition) is 3. The average Bonchev–Trinajstić information content (AvgIpc) is 2.47. The minimum atomic E-state index is -0.962. The molecule has 116 valence electrons. The van der Waals surface area contributed by atoms with Crippen LogP contribution in [0.1, 0.15) is 10.4 Å². The van der Waals surface area contributed by atoms with Crippen molar-refractivity contribution in [3.05, 3.63) is 52.6 Å². The third-order valence-electron chi connectivity index (χ3n) is 2.90. The van der Waals surface area contributed by atoms with Crippen LogP contribution in [-0.4, -0.2) is 20.1 Å². The van der Waals surface area contributed by atoms with Crippen molar-refractivity contribution in [2.24, 2.45) is 0 Å². The molecule has 0 spiro atoms. The van der Waals surface area contributed by atoms with Crippen LogP contribution < -0.4 is 14.8 Å². The predicted octanol–water partition coefficient (Wildman–Crippen LogP) is 3.89. The molecule has 0 aliphatic heterocycles. The van der Waals surface area contributed by atoms with Gasteiger partial charge in [0.25, 0.3) is 5.91 Å². The van der Waals surface area contributed by atoms with Gasteiger partial charge in [-0.05, 0) is 18.2 Å². The number of carbonyl (C=O) groups is 1. The summed E-state index contributed by atoms with van der Waals surface area (Å²) >= 11 is 5.98. The summed E-state index contributed by atoms with van der Waals surface area (Å²) in [4.78, 5) is 12.1. The zero-order valence-corrected chi connectivity index (χ0v) is 12.5. The summed E-state index contributed by atoms with van der Waals surface area (Å²) in [6, 6.07) is 5.58. The van der Waals surface area contributed by atoms with E-state index in [1.807, 2.05) is 0 Å².